The molecule has 0 atom stereocenters. The van der Waals surface area contributed by atoms with Crippen molar-refractivity contribution in [3.05, 3.63) is 93.8 Å². The molecule has 0 amide bonds. The van der Waals surface area contributed by atoms with E-state index >= 15 is 0 Å². The van der Waals surface area contributed by atoms with Gasteiger partial charge in [-0.05, 0) is 42.8 Å². The molecule has 0 radical (unpaired) electrons. The number of halogens is 1. The van der Waals surface area contributed by atoms with E-state index in [9.17, 15) is 14.4 Å². The molecule has 0 bridgehead atoms. The van der Waals surface area contributed by atoms with Crippen molar-refractivity contribution in [2.75, 3.05) is 0 Å². The largest absolute Gasteiger partial charge is 0.343 e. The van der Waals surface area contributed by atoms with E-state index in [4.69, 9.17) is 0 Å². The van der Waals surface area contributed by atoms with E-state index < -0.39 is 0 Å². The standard InChI is InChI=1S/C22H16FN3O/c1-14-10-18(19(12-24)22(27)25-14)15-6-7-21-16(11-15)8-9-26(21)13-17-4-2-3-5-20(17)23/h2-11H,13H2,1H3,(H,25,27). The van der Waals surface area contributed by atoms with Gasteiger partial charge in [-0.2, -0.15) is 5.26 Å². The fourth-order valence-corrected chi connectivity index (χ4v) is 3.34. The number of rotatable bonds is 3. The summed E-state index contributed by atoms with van der Waals surface area (Å²) in [5.74, 6) is -0.228. The highest BCUT2D eigenvalue weighted by molar-refractivity contribution is 5.86. The molecule has 0 fully saturated rings. The molecule has 27 heavy (non-hydrogen) atoms. The maximum absolute atomic E-state index is 13.9. The summed E-state index contributed by atoms with van der Waals surface area (Å²) in [6, 6.07) is 18.2. The summed E-state index contributed by atoms with van der Waals surface area (Å²) in [5, 5.41) is 10.3. The zero-order valence-electron chi connectivity index (χ0n) is 14.7. The molecule has 4 nitrogen and oxygen atoms in total. The van der Waals surface area contributed by atoms with Gasteiger partial charge in [-0.1, -0.05) is 24.3 Å². The highest BCUT2D eigenvalue weighted by Crippen LogP contribution is 2.27. The van der Waals surface area contributed by atoms with Crippen molar-refractivity contribution in [3.8, 4) is 17.2 Å². The molecule has 0 aliphatic heterocycles. The quantitative estimate of drug-likeness (QED) is 0.592. The zero-order chi connectivity index (χ0) is 19.0. The molecule has 0 unspecified atom stereocenters. The monoisotopic (exact) mass is 357 g/mol. The number of aromatic nitrogens is 2. The average molecular weight is 357 g/mol. The lowest BCUT2D eigenvalue weighted by molar-refractivity contribution is 0.602. The Labute approximate surface area is 155 Å². The van der Waals surface area contributed by atoms with Gasteiger partial charge in [0.15, 0.2) is 0 Å². The Kier molecular flexibility index (Phi) is 4.09. The van der Waals surface area contributed by atoms with Crippen LogP contribution in [-0.4, -0.2) is 9.55 Å². The Morgan fingerprint density at radius 3 is 2.74 bits per heavy atom. The summed E-state index contributed by atoms with van der Waals surface area (Å²) < 4.78 is 15.9. The van der Waals surface area contributed by atoms with Crippen molar-refractivity contribution in [2.24, 2.45) is 0 Å². The van der Waals surface area contributed by atoms with E-state index in [-0.39, 0.29) is 16.9 Å². The lowest BCUT2D eigenvalue weighted by Gasteiger charge is -2.09. The van der Waals surface area contributed by atoms with Crippen LogP contribution in [0.5, 0.6) is 0 Å². The minimum atomic E-state index is -0.385. The van der Waals surface area contributed by atoms with Gasteiger partial charge >= 0.3 is 0 Å². The number of hydrogen-bond acceptors (Lipinski definition) is 2. The average Bonchev–Trinajstić information content (AvgIpc) is 3.05. The second-order valence-corrected chi connectivity index (χ2v) is 6.49. The highest BCUT2D eigenvalue weighted by Gasteiger charge is 2.12. The summed E-state index contributed by atoms with van der Waals surface area (Å²) in [6.45, 7) is 2.22. The van der Waals surface area contributed by atoms with Crippen LogP contribution in [0.1, 0.15) is 16.8 Å². The molecule has 2 aromatic carbocycles. The van der Waals surface area contributed by atoms with Crippen LogP contribution in [0.3, 0.4) is 0 Å². The first-order valence-corrected chi connectivity index (χ1v) is 8.53. The first kappa shape index (κ1) is 16.8. The van der Waals surface area contributed by atoms with Crippen molar-refractivity contribution >= 4 is 10.9 Å². The Bertz CT molecular complexity index is 1260. The van der Waals surface area contributed by atoms with Gasteiger partial charge < -0.3 is 9.55 Å². The lowest BCUT2D eigenvalue weighted by atomic mass is 10.00. The molecule has 0 saturated carbocycles. The smallest absolute Gasteiger partial charge is 0.266 e. The number of aromatic amines is 1. The summed E-state index contributed by atoms with van der Waals surface area (Å²) in [6.07, 6.45) is 1.91. The molecular formula is C22H16FN3O. The van der Waals surface area contributed by atoms with Crippen LogP contribution < -0.4 is 5.56 Å². The summed E-state index contributed by atoms with van der Waals surface area (Å²) in [7, 11) is 0. The van der Waals surface area contributed by atoms with Gasteiger partial charge in [-0.3, -0.25) is 4.79 Å². The minimum absolute atomic E-state index is 0.103. The van der Waals surface area contributed by atoms with Gasteiger partial charge in [0.25, 0.3) is 5.56 Å². The van der Waals surface area contributed by atoms with Crippen molar-refractivity contribution in [3.63, 3.8) is 0 Å². The van der Waals surface area contributed by atoms with Crippen molar-refractivity contribution < 1.29 is 4.39 Å². The van der Waals surface area contributed by atoms with Crippen LogP contribution >= 0.6 is 0 Å². The van der Waals surface area contributed by atoms with Crippen molar-refractivity contribution in [1.82, 2.24) is 9.55 Å². The first-order valence-electron chi connectivity index (χ1n) is 8.53. The number of nitrogens with zero attached hydrogens (tertiary/aromatic N) is 2. The number of H-pyrrole nitrogens is 1. The molecule has 2 aromatic heterocycles. The van der Waals surface area contributed by atoms with E-state index in [2.05, 4.69) is 4.98 Å². The lowest BCUT2D eigenvalue weighted by Crippen LogP contribution is -2.12. The number of aryl methyl sites for hydroxylation is 1. The number of pyridine rings is 1. The predicted molar refractivity (Wildman–Crippen MR) is 103 cm³/mol. The van der Waals surface area contributed by atoms with Crippen LogP contribution in [0, 0.1) is 24.1 Å². The van der Waals surface area contributed by atoms with Crippen LogP contribution in [0.4, 0.5) is 4.39 Å². The molecule has 0 aliphatic carbocycles. The third kappa shape index (κ3) is 3.02. The molecular weight excluding hydrogens is 341 g/mol. The van der Waals surface area contributed by atoms with Crippen LogP contribution in [-0.2, 0) is 6.54 Å². The third-order valence-electron chi connectivity index (χ3n) is 4.66. The maximum Gasteiger partial charge on any atom is 0.266 e. The van der Waals surface area contributed by atoms with E-state index in [0.29, 0.717) is 23.4 Å². The number of nitriles is 1. The molecule has 0 saturated heterocycles. The fourth-order valence-electron chi connectivity index (χ4n) is 3.34. The summed E-state index contributed by atoms with van der Waals surface area (Å²) in [5.41, 5.74) is 3.42. The third-order valence-corrected chi connectivity index (χ3v) is 4.66. The van der Waals surface area contributed by atoms with Crippen molar-refractivity contribution in [1.29, 1.82) is 5.26 Å². The molecule has 0 spiro atoms. The second-order valence-electron chi connectivity index (χ2n) is 6.49. The van der Waals surface area contributed by atoms with Crippen LogP contribution in [0.25, 0.3) is 22.0 Å². The zero-order valence-corrected chi connectivity index (χ0v) is 14.7. The Morgan fingerprint density at radius 1 is 1.15 bits per heavy atom. The van der Waals surface area contributed by atoms with E-state index in [1.807, 2.05) is 47.2 Å². The Balaban J connectivity index is 1.79. The molecule has 5 heteroatoms. The topological polar surface area (TPSA) is 61.6 Å². The molecule has 1 N–H and O–H groups in total. The fraction of sp³-hybridized carbons (Fsp3) is 0.0909. The van der Waals surface area contributed by atoms with Gasteiger partial charge in [-0.15, -0.1) is 0 Å². The van der Waals surface area contributed by atoms with Gasteiger partial charge in [0.2, 0.25) is 0 Å². The summed E-state index contributed by atoms with van der Waals surface area (Å²) >= 11 is 0. The molecule has 4 aromatic rings. The number of hydrogen-bond donors (Lipinski definition) is 1. The SMILES string of the molecule is Cc1cc(-c2ccc3c(ccn3Cc3ccccc3F)c2)c(C#N)c(=O)[nH]1. The molecule has 4 rings (SSSR count). The van der Waals surface area contributed by atoms with Gasteiger partial charge in [0.1, 0.15) is 17.4 Å². The normalized spacial score (nSPS) is 10.9. The molecule has 0 aliphatic rings. The van der Waals surface area contributed by atoms with E-state index in [0.717, 1.165) is 16.5 Å². The van der Waals surface area contributed by atoms with Crippen LogP contribution in [0.15, 0.2) is 65.6 Å². The highest BCUT2D eigenvalue weighted by atomic mass is 19.1. The molecule has 132 valence electrons. The first-order chi connectivity index (χ1) is 13.1. The van der Waals surface area contributed by atoms with E-state index in [1.165, 1.54) is 6.07 Å². The number of nitrogens with one attached hydrogen (secondary N) is 1. The predicted octanol–water partition coefficient (Wildman–Crippen LogP) is 4.36. The minimum Gasteiger partial charge on any atom is -0.343 e. The van der Waals surface area contributed by atoms with E-state index in [1.54, 1.807) is 25.1 Å². The van der Waals surface area contributed by atoms with Crippen LogP contribution in [0.2, 0.25) is 0 Å². The summed E-state index contributed by atoms with van der Waals surface area (Å²) in [4.78, 5) is 14.7. The number of benzene rings is 2. The molecule has 2 heterocycles. The number of fused-ring (bicyclic) bond motifs is 1. The Morgan fingerprint density at radius 2 is 1.96 bits per heavy atom. The van der Waals surface area contributed by atoms with Gasteiger partial charge in [-0.25, -0.2) is 4.39 Å². The van der Waals surface area contributed by atoms with Gasteiger partial charge in [0.05, 0.1) is 6.54 Å². The van der Waals surface area contributed by atoms with Gasteiger partial charge in [0, 0.05) is 33.9 Å². The maximum atomic E-state index is 13.9. The second kappa shape index (κ2) is 6.58. The Hall–Kier alpha value is -3.65. The van der Waals surface area contributed by atoms with Crippen molar-refractivity contribution in [2.45, 2.75) is 13.5 Å².